The lowest BCUT2D eigenvalue weighted by Crippen LogP contribution is -2.39. The van der Waals surface area contributed by atoms with Crippen molar-refractivity contribution in [2.75, 3.05) is 18.4 Å². The molecule has 3 N–H and O–H groups in total. The van der Waals surface area contributed by atoms with E-state index in [0.717, 1.165) is 11.3 Å². The summed E-state index contributed by atoms with van der Waals surface area (Å²) in [5.74, 6) is 0. The van der Waals surface area contributed by atoms with Crippen LogP contribution >= 0.6 is 11.6 Å². The molecule has 0 heterocycles. The Bertz CT molecular complexity index is 720. The standard InChI is InChI=1S/C17H19ClN4O3/c1-12(13-2-4-14(18)5-3-13)21-17(23)20-11-10-19-15-6-8-16(9-7-15)22(24)25/h2-9,12,19H,10-11H2,1H3,(H2,20,21,23)/t12-/m1/s1. The number of carbonyl (C=O) groups is 1. The third-order valence-electron chi connectivity index (χ3n) is 3.54. The molecule has 132 valence electrons. The van der Waals surface area contributed by atoms with E-state index < -0.39 is 4.92 Å². The van der Waals surface area contributed by atoms with E-state index in [0.29, 0.717) is 18.1 Å². The zero-order chi connectivity index (χ0) is 18.2. The van der Waals surface area contributed by atoms with Gasteiger partial charge in [0.05, 0.1) is 11.0 Å². The Balaban J connectivity index is 1.69. The first-order valence-corrected chi connectivity index (χ1v) is 8.11. The predicted octanol–water partition coefficient (Wildman–Crippen LogP) is 3.72. The van der Waals surface area contributed by atoms with Crippen LogP contribution in [0.3, 0.4) is 0 Å². The summed E-state index contributed by atoms with van der Waals surface area (Å²) in [6, 6.07) is 13.0. The molecule has 0 saturated carbocycles. The molecule has 7 nitrogen and oxygen atoms in total. The summed E-state index contributed by atoms with van der Waals surface area (Å²) >= 11 is 5.84. The fourth-order valence-electron chi connectivity index (χ4n) is 2.17. The van der Waals surface area contributed by atoms with Crippen molar-refractivity contribution in [1.29, 1.82) is 0 Å². The van der Waals surface area contributed by atoms with Gasteiger partial charge in [-0.25, -0.2) is 4.79 Å². The van der Waals surface area contributed by atoms with Crippen molar-refractivity contribution < 1.29 is 9.72 Å². The molecule has 2 aromatic rings. The average molecular weight is 363 g/mol. The lowest BCUT2D eigenvalue weighted by Gasteiger charge is -2.15. The number of nitro benzene ring substituents is 1. The number of nitrogens with zero attached hydrogens (tertiary/aromatic N) is 1. The molecular formula is C17H19ClN4O3. The fraction of sp³-hybridized carbons (Fsp3) is 0.235. The van der Waals surface area contributed by atoms with Gasteiger partial charge in [0.1, 0.15) is 0 Å². The van der Waals surface area contributed by atoms with Gasteiger partial charge in [-0.1, -0.05) is 23.7 Å². The van der Waals surface area contributed by atoms with Gasteiger partial charge in [-0.15, -0.1) is 0 Å². The van der Waals surface area contributed by atoms with Crippen molar-refractivity contribution in [2.24, 2.45) is 0 Å². The normalized spacial score (nSPS) is 11.4. The first kappa shape index (κ1) is 18.5. The monoisotopic (exact) mass is 362 g/mol. The molecule has 2 rings (SSSR count). The maximum atomic E-state index is 11.9. The number of hydrogen-bond donors (Lipinski definition) is 3. The Morgan fingerprint density at radius 3 is 2.36 bits per heavy atom. The minimum Gasteiger partial charge on any atom is -0.383 e. The highest BCUT2D eigenvalue weighted by Crippen LogP contribution is 2.16. The second-order valence-electron chi connectivity index (χ2n) is 5.40. The molecule has 0 bridgehead atoms. The van der Waals surface area contributed by atoms with Crippen molar-refractivity contribution in [2.45, 2.75) is 13.0 Å². The van der Waals surface area contributed by atoms with Crippen LogP contribution in [0.4, 0.5) is 16.2 Å². The van der Waals surface area contributed by atoms with Gasteiger partial charge in [0.2, 0.25) is 0 Å². The Morgan fingerprint density at radius 1 is 1.12 bits per heavy atom. The van der Waals surface area contributed by atoms with E-state index in [1.165, 1.54) is 12.1 Å². The highest BCUT2D eigenvalue weighted by Gasteiger charge is 2.09. The molecule has 0 saturated heterocycles. The number of urea groups is 1. The largest absolute Gasteiger partial charge is 0.383 e. The van der Waals surface area contributed by atoms with E-state index >= 15 is 0 Å². The van der Waals surface area contributed by atoms with Crippen LogP contribution in [0.2, 0.25) is 5.02 Å². The molecule has 0 aliphatic rings. The predicted molar refractivity (Wildman–Crippen MR) is 98.0 cm³/mol. The third-order valence-corrected chi connectivity index (χ3v) is 3.79. The van der Waals surface area contributed by atoms with Gasteiger partial charge in [-0.3, -0.25) is 10.1 Å². The van der Waals surface area contributed by atoms with Crippen molar-refractivity contribution in [3.63, 3.8) is 0 Å². The Labute approximate surface area is 150 Å². The van der Waals surface area contributed by atoms with E-state index in [9.17, 15) is 14.9 Å². The van der Waals surface area contributed by atoms with Crippen LogP contribution in [0, 0.1) is 10.1 Å². The molecule has 2 aromatic carbocycles. The lowest BCUT2D eigenvalue weighted by molar-refractivity contribution is -0.384. The molecule has 2 amide bonds. The highest BCUT2D eigenvalue weighted by atomic mass is 35.5. The number of carbonyl (C=O) groups excluding carboxylic acids is 1. The fourth-order valence-corrected chi connectivity index (χ4v) is 2.29. The second kappa shape index (κ2) is 8.89. The van der Waals surface area contributed by atoms with E-state index in [1.54, 1.807) is 24.3 Å². The third kappa shape index (κ3) is 5.96. The van der Waals surface area contributed by atoms with Gasteiger partial charge in [0, 0.05) is 35.9 Å². The molecule has 0 aromatic heterocycles. The molecule has 1 atom stereocenters. The molecule has 0 unspecified atom stereocenters. The smallest absolute Gasteiger partial charge is 0.315 e. The van der Waals surface area contributed by atoms with E-state index in [-0.39, 0.29) is 17.8 Å². The summed E-state index contributed by atoms with van der Waals surface area (Å²) in [6.45, 7) is 2.80. The van der Waals surface area contributed by atoms with Crippen LogP contribution in [-0.2, 0) is 0 Å². The number of nitrogens with one attached hydrogen (secondary N) is 3. The van der Waals surface area contributed by atoms with Gasteiger partial charge in [-0.05, 0) is 36.8 Å². The maximum Gasteiger partial charge on any atom is 0.315 e. The van der Waals surface area contributed by atoms with Crippen molar-refractivity contribution in [1.82, 2.24) is 10.6 Å². The molecule has 25 heavy (non-hydrogen) atoms. The van der Waals surface area contributed by atoms with Crippen LogP contribution in [0.15, 0.2) is 48.5 Å². The number of amides is 2. The quantitative estimate of drug-likeness (QED) is 0.397. The summed E-state index contributed by atoms with van der Waals surface area (Å²) in [5.41, 5.74) is 1.75. The molecule has 8 heteroatoms. The van der Waals surface area contributed by atoms with Gasteiger partial charge < -0.3 is 16.0 Å². The van der Waals surface area contributed by atoms with Gasteiger partial charge in [-0.2, -0.15) is 0 Å². The van der Waals surface area contributed by atoms with Gasteiger partial charge in [0.25, 0.3) is 5.69 Å². The minimum absolute atomic E-state index is 0.0410. The van der Waals surface area contributed by atoms with Crippen molar-refractivity contribution in [3.05, 3.63) is 69.2 Å². The van der Waals surface area contributed by atoms with Crippen LogP contribution in [-0.4, -0.2) is 24.0 Å². The van der Waals surface area contributed by atoms with E-state index in [4.69, 9.17) is 11.6 Å². The number of anilines is 1. The number of hydrogen-bond acceptors (Lipinski definition) is 4. The topological polar surface area (TPSA) is 96.3 Å². The van der Waals surface area contributed by atoms with E-state index in [1.807, 2.05) is 19.1 Å². The van der Waals surface area contributed by atoms with Crippen LogP contribution < -0.4 is 16.0 Å². The Kier molecular flexibility index (Phi) is 6.59. The van der Waals surface area contributed by atoms with Crippen molar-refractivity contribution >= 4 is 29.0 Å². The van der Waals surface area contributed by atoms with Gasteiger partial charge in [0.15, 0.2) is 0 Å². The number of nitro groups is 1. The molecule has 0 aliphatic heterocycles. The summed E-state index contributed by atoms with van der Waals surface area (Å²) in [5, 5.41) is 19.9. The Hall–Kier alpha value is -2.80. The second-order valence-corrected chi connectivity index (χ2v) is 5.84. The molecule has 0 aliphatic carbocycles. The zero-order valence-electron chi connectivity index (χ0n) is 13.7. The SMILES string of the molecule is C[C@@H](NC(=O)NCCNc1ccc([N+](=O)[O-])cc1)c1ccc(Cl)cc1. The summed E-state index contributed by atoms with van der Waals surface area (Å²) in [4.78, 5) is 22.0. The molecule has 0 fully saturated rings. The number of rotatable bonds is 7. The van der Waals surface area contributed by atoms with E-state index in [2.05, 4.69) is 16.0 Å². The molecule has 0 spiro atoms. The summed E-state index contributed by atoms with van der Waals surface area (Å²) in [7, 11) is 0. The average Bonchev–Trinajstić information content (AvgIpc) is 2.59. The van der Waals surface area contributed by atoms with Crippen LogP contribution in [0.25, 0.3) is 0 Å². The van der Waals surface area contributed by atoms with Gasteiger partial charge >= 0.3 is 6.03 Å². The first-order chi connectivity index (χ1) is 12.0. The van der Waals surface area contributed by atoms with Crippen molar-refractivity contribution in [3.8, 4) is 0 Å². The minimum atomic E-state index is -0.447. The van der Waals surface area contributed by atoms with Crippen LogP contribution in [0.1, 0.15) is 18.5 Å². The lowest BCUT2D eigenvalue weighted by atomic mass is 10.1. The van der Waals surface area contributed by atoms with Crippen LogP contribution in [0.5, 0.6) is 0 Å². The molecule has 0 radical (unpaired) electrons. The number of halogens is 1. The first-order valence-electron chi connectivity index (χ1n) is 7.74. The highest BCUT2D eigenvalue weighted by molar-refractivity contribution is 6.30. The maximum absolute atomic E-state index is 11.9. The number of benzene rings is 2. The number of non-ortho nitro benzene ring substituents is 1. The zero-order valence-corrected chi connectivity index (χ0v) is 14.4. The summed E-state index contributed by atoms with van der Waals surface area (Å²) in [6.07, 6.45) is 0. The Morgan fingerprint density at radius 2 is 1.76 bits per heavy atom. The molecular weight excluding hydrogens is 344 g/mol. The summed E-state index contributed by atoms with van der Waals surface area (Å²) < 4.78 is 0.